The molecule has 19 heavy (non-hydrogen) atoms. The molecule has 1 aromatic carbocycles. The first kappa shape index (κ1) is 13.7. The molecule has 0 aromatic heterocycles. The summed E-state index contributed by atoms with van der Waals surface area (Å²) >= 11 is 0. The fraction of sp³-hybridized carbons (Fsp3) is 0.462. The smallest absolute Gasteiger partial charge is 0.416 e. The van der Waals surface area contributed by atoms with Gasteiger partial charge in [-0.15, -0.1) is 0 Å². The molecule has 2 unspecified atom stereocenters. The van der Waals surface area contributed by atoms with E-state index in [1.54, 1.807) is 0 Å². The van der Waals surface area contributed by atoms with Gasteiger partial charge in [-0.3, -0.25) is 0 Å². The number of benzene rings is 1. The maximum atomic E-state index is 12.4. The van der Waals surface area contributed by atoms with Gasteiger partial charge in [0.2, 0.25) is 0 Å². The van der Waals surface area contributed by atoms with Crippen molar-refractivity contribution in [1.82, 2.24) is 5.32 Å². The second-order valence-electron chi connectivity index (χ2n) is 4.47. The summed E-state index contributed by atoms with van der Waals surface area (Å²) in [5, 5.41) is 11.7. The van der Waals surface area contributed by atoms with Crippen molar-refractivity contribution in [3.63, 3.8) is 0 Å². The number of halogens is 3. The molecular weight excluding hydrogens is 257 g/mol. The minimum absolute atomic E-state index is 0.101. The van der Waals surface area contributed by atoms with Crippen molar-refractivity contribution >= 4 is 0 Å². The number of ether oxygens (including phenoxy) is 1. The summed E-state index contributed by atoms with van der Waals surface area (Å²) in [7, 11) is 0. The number of nitriles is 1. The van der Waals surface area contributed by atoms with Gasteiger partial charge in [0.15, 0.2) is 0 Å². The predicted molar refractivity (Wildman–Crippen MR) is 62.5 cm³/mol. The molecule has 1 aliphatic heterocycles. The lowest BCUT2D eigenvalue weighted by Crippen LogP contribution is -2.21. The molecule has 1 N–H and O–H groups in total. The minimum Gasteiger partial charge on any atom is -0.489 e. The van der Waals surface area contributed by atoms with E-state index in [1.807, 2.05) is 0 Å². The van der Waals surface area contributed by atoms with Crippen molar-refractivity contribution in [2.24, 2.45) is 0 Å². The zero-order valence-electron chi connectivity index (χ0n) is 10.1. The second kappa shape index (κ2) is 5.49. The van der Waals surface area contributed by atoms with Crippen molar-refractivity contribution in [2.45, 2.75) is 31.2 Å². The van der Waals surface area contributed by atoms with Gasteiger partial charge in [0, 0.05) is 19.0 Å². The quantitative estimate of drug-likeness (QED) is 0.918. The van der Waals surface area contributed by atoms with Gasteiger partial charge >= 0.3 is 6.18 Å². The highest BCUT2D eigenvalue weighted by atomic mass is 19.4. The van der Waals surface area contributed by atoms with Crippen LogP contribution in [0.1, 0.15) is 18.4 Å². The molecule has 1 aliphatic rings. The molecule has 1 saturated heterocycles. The third-order valence-electron chi connectivity index (χ3n) is 3.00. The fourth-order valence-electron chi connectivity index (χ4n) is 2.05. The Morgan fingerprint density at radius 3 is 2.58 bits per heavy atom. The van der Waals surface area contributed by atoms with E-state index in [0.29, 0.717) is 25.1 Å². The van der Waals surface area contributed by atoms with E-state index in [0.717, 1.165) is 12.1 Å². The van der Waals surface area contributed by atoms with E-state index in [2.05, 4.69) is 11.4 Å². The highest BCUT2D eigenvalue weighted by Gasteiger charge is 2.30. The van der Waals surface area contributed by atoms with E-state index in [-0.39, 0.29) is 12.1 Å². The lowest BCUT2D eigenvalue weighted by molar-refractivity contribution is -0.137. The van der Waals surface area contributed by atoms with Gasteiger partial charge in [-0.25, -0.2) is 0 Å². The molecule has 0 spiro atoms. The molecule has 1 aromatic rings. The van der Waals surface area contributed by atoms with E-state index in [9.17, 15) is 13.2 Å². The minimum atomic E-state index is -4.33. The van der Waals surface area contributed by atoms with Crippen LogP contribution in [0.2, 0.25) is 0 Å². The monoisotopic (exact) mass is 270 g/mol. The van der Waals surface area contributed by atoms with Crippen LogP contribution in [0.3, 0.4) is 0 Å². The number of nitrogens with zero attached hydrogens (tertiary/aromatic N) is 1. The molecule has 0 bridgehead atoms. The molecule has 0 aliphatic carbocycles. The summed E-state index contributed by atoms with van der Waals surface area (Å²) in [4.78, 5) is 0. The molecule has 2 rings (SSSR count). The van der Waals surface area contributed by atoms with E-state index >= 15 is 0 Å². The molecule has 0 amide bonds. The zero-order valence-corrected chi connectivity index (χ0v) is 10.1. The number of hydrogen-bond acceptors (Lipinski definition) is 3. The van der Waals surface area contributed by atoms with Crippen molar-refractivity contribution in [3.8, 4) is 11.8 Å². The van der Waals surface area contributed by atoms with Crippen LogP contribution in [-0.2, 0) is 6.18 Å². The second-order valence-corrected chi connectivity index (χ2v) is 4.47. The van der Waals surface area contributed by atoms with Crippen LogP contribution >= 0.6 is 0 Å². The molecule has 0 radical (unpaired) electrons. The molecule has 0 saturated carbocycles. The zero-order chi connectivity index (χ0) is 13.9. The Hall–Kier alpha value is -1.74. The van der Waals surface area contributed by atoms with Gasteiger partial charge in [-0.2, -0.15) is 18.4 Å². The van der Waals surface area contributed by atoms with Crippen LogP contribution < -0.4 is 10.1 Å². The third kappa shape index (κ3) is 3.61. The Morgan fingerprint density at radius 2 is 2.00 bits per heavy atom. The summed E-state index contributed by atoms with van der Waals surface area (Å²) < 4.78 is 42.7. The number of hydrogen-bond donors (Lipinski definition) is 1. The van der Waals surface area contributed by atoms with Crippen molar-refractivity contribution < 1.29 is 17.9 Å². The van der Waals surface area contributed by atoms with Gasteiger partial charge in [0.05, 0.1) is 18.1 Å². The molecule has 1 heterocycles. The Bertz CT molecular complexity index is 464. The molecule has 1 fully saturated rings. The Morgan fingerprint density at radius 1 is 1.32 bits per heavy atom. The average molecular weight is 270 g/mol. The van der Waals surface area contributed by atoms with Crippen molar-refractivity contribution in [3.05, 3.63) is 29.8 Å². The van der Waals surface area contributed by atoms with Crippen LogP contribution in [0.25, 0.3) is 0 Å². The number of rotatable bonds is 3. The molecule has 102 valence electrons. The van der Waals surface area contributed by atoms with Gasteiger partial charge in [0.25, 0.3) is 0 Å². The summed E-state index contributed by atoms with van der Waals surface area (Å²) in [5.74, 6) is 0.414. The van der Waals surface area contributed by atoms with Crippen LogP contribution in [0.15, 0.2) is 24.3 Å². The lowest BCUT2D eigenvalue weighted by atomic mass is 10.1. The van der Waals surface area contributed by atoms with Crippen LogP contribution in [0.5, 0.6) is 5.75 Å². The van der Waals surface area contributed by atoms with Crippen LogP contribution in [0, 0.1) is 11.3 Å². The van der Waals surface area contributed by atoms with E-state index in [4.69, 9.17) is 10.00 Å². The highest BCUT2D eigenvalue weighted by Crippen LogP contribution is 2.30. The maximum Gasteiger partial charge on any atom is 0.416 e. The third-order valence-corrected chi connectivity index (χ3v) is 3.00. The fourth-order valence-corrected chi connectivity index (χ4v) is 2.05. The normalized spacial score (nSPS) is 23.1. The Balaban J connectivity index is 1.92. The van der Waals surface area contributed by atoms with Crippen molar-refractivity contribution in [1.29, 1.82) is 5.26 Å². The average Bonchev–Trinajstić information content (AvgIpc) is 2.77. The van der Waals surface area contributed by atoms with E-state index in [1.165, 1.54) is 12.1 Å². The summed E-state index contributed by atoms with van der Waals surface area (Å²) in [6.45, 7) is 0.605. The number of nitrogens with one attached hydrogen (secondary N) is 1. The summed E-state index contributed by atoms with van der Waals surface area (Å²) in [5.41, 5.74) is -0.688. The first-order valence-electron chi connectivity index (χ1n) is 5.93. The van der Waals surface area contributed by atoms with Gasteiger partial charge in [-0.05, 0) is 24.3 Å². The highest BCUT2D eigenvalue weighted by molar-refractivity contribution is 5.29. The largest absolute Gasteiger partial charge is 0.489 e. The SMILES string of the molecule is N#CCC1CC(Oc2ccc(C(F)(F)F)cc2)CN1. The molecule has 6 heteroatoms. The molecule has 3 nitrogen and oxygen atoms in total. The van der Waals surface area contributed by atoms with Crippen molar-refractivity contribution in [2.75, 3.05) is 6.54 Å². The first-order chi connectivity index (χ1) is 8.99. The summed E-state index contributed by atoms with van der Waals surface area (Å²) in [6, 6.07) is 6.83. The maximum absolute atomic E-state index is 12.4. The lowest BCUT2D eigenvalue weighted by Gasteiger charge is -2.13. The number of alkyl halides is 3. The first-order valence-corrected chi connectivity index (χ1v) is 5.93. The predicted octanol–water partition coefficient (Wildman–Crippen LogP) is 2.73. The standard InChI is InChI=1S/C13H13F3N2O/c14-13(15,16)9-1-3-11(4-2-9)19-12-7-10(5-6-17)18-8-12/h1-4,10,12,18H,5,7-8H2. The molecule has 2 atom stereocenters. The van der Waals surface area contributed by atoms with Gasteiger partial charge < -0.3 is 10.1 Å². The topological polar surface area (TPSA) is 45.0 Å². The Labute approximate surface area is 109 Å². The van der Waals surface area contributed by atoms with Gasteiger partial charge in [0.1, 0.15) is 11.9 Å². The van der Waals surface area contributed by atoms with Crippen LogP contribution in [-0.4, -0.2) is 18.7 Å². The van der Waals surface area contributed by atoms with Crippen LogP contribution in [0.4, 0.5) is 13.2 Å². The van der Waals surface area contributed by atoms with Gasteiger partial charge in [-0.1, -0.05) is 0 Å². The van der Waals surface area contributed by atoms with E-state index < -0.39 is 11.7 Å². The summed E-state index contributed by atoms with van der Waals surface area (Å²) in [6.07, 6.45) is -3.33. The molecular formula is C13H13F3N2O. The Kier molecular flexibility index (Phi) is 3.96.